The molecular formula is C22H22N4O2. The van der Waals surface area contributed by atoms with Gasteiger partial charge in [-0.05, 0) is 36.6 Å². The summed E-state index contributed by atoms with van der Waals surface area (Å²) in [5.41, 5.74) is 6.21. The van der Waals surface area contributed by atoms with Crippen LogP contribution < -0.4 is 15.4 Å². The molecule has 0 spiro atoms. The molecule has 5 rings (SSSR count). The topological polar surface area (TPSA) is 78.5 Å². The number of nitrogens with one attached hydrogen (secondary N) is 3. The fourth-order valence-electron chi connectivity index (χ4n) is 4.61. The molecule has 1 unspecified atom stereocenters. The van der Waals surface area contributed by atoms with Gasteiger partial charge in [0.25, 0.3) is 0 Å². The molecule has 2 aliphatic heterocycles. The molecule has 0 saturated heterocycles. The van der Waals surface area contributed by atoms with E-state index in [-0.39, 0.29) is 0 Å². The number of anilines is 1. The lowest BCUT2D eigenvalue weighted by Gasteiger charge is -2.30. The van der Waals surface area contributed by atoms with E-state index in [4.69, 9.17) is 9.73 Å². The number of methoxy groups -OCH3 is 1. The minimum Gasteiger partial charge on any atom is -0.497 e. The van der Waals surface area contributed by atoms with E-state index in [1.54, 1.807) is 7.11 Å². The Labute approximate surface area is 163 Å². The third-order valence-corrected chi connectivity index (χ3v) is 5.83. The number of hydrogen-bond acceptors (Lipinski definition) is 4. The first kappa shape index (κ1) is 16.9. The van der Waals surface area contributed by atoms with Gasteiger partial charge in [0.2, 0.25) is 6.41 Å². The van der Waals surface area contributed by atoms with Crippen LogP contribution in [0.3, 0.4) is 0 Å². The first-order chi connectivity index (χ1) is 13.8. The molecule has 3 heterocycles. The Balaban J connectivity index is 1.73. The third kappa shape index (κ3) is 2.34. The highest BCUT2D eigenvalue weighted by atomic mass is 16.5. The van der Waals surface area contributed by atoms with Gasteiger partial charge in [-0.25, -0.2) is 0 Å². The molecule has 0 radical (unpaired) electrons. The number of aromatic nitrogens is 1. The molecule has 1 aromatic heterocycles. The number of rotatable bonds is 5. The SMILES string of the molecule is COc1ccc2c(c1)NC1(CCNC=O)C2=NCCc2c1[nH]c1ccccc21. The second kappa shape index (κ2) is 6.41. The Kier molecular flexibility index (Phi) is 3.86. The summed E-state index contributed by atoms with van der Waals surface area (Å²) >= 11 is 0. The summed E-state index contributed by atoms with van der Waals surface area (Å²) in [7, 11) is 1.67. The van der Waals surface area contributed by atoms with Crippen molar-refractivity contribution in [2.75, 3.05) is 25.5 Å². The lowest BCUT2D eigenvalue weighted by atomic mass is 9.84. The molecule has 3 aromatic rings. The van der Waals surface area contributed by atoms with Gasteiger partial charge in [-0.2, -0.15) is 0 Å². The molecule has 6 nitrogen and oxygen atoms in total. The number of aromatic amines is 1. The molecule has 0 aliphatic carbocycles. The van der Waals surface area contributed by atoms with E-state index < -0.39 is 5.54 Å². The van der Waals surface area contributed by atoms with E-state index in [9.17, 15) is 4.79 Å². The zero-order valence-electron chi connectivity index (χ0n) is 15.7. The Morgan fingerprint density at radius 3 is 3.04 bits per heavy atom. The van der Waals surface area contributed by atoms with Crippen molar-refractivity contribution >= 4 is 28.7 Å². The van der Waals surface area contributed by atoms with E-state index in [0.29, 0.717) is 13.0 Å². The second-order valence-electron chi connectivity index (χ2n) is 7.27. The number of fused-ring (bicyclic) bond motifs is 7. The summed E-state index contributed by atoms with van der Waals surface area (Å²) in [5.74, 6) is 0.807. The summed E-state index contributed by atoms with van der Waals surface area (Å²) in [6.07, 6.45) is 2.33. The van der Waals surface area contributed by atoms with Crippen molar-refractivity contribution in [1.82, 2.24) is 10.3 Å². The van der Waals surface area contributed by atoms with Crippen molar-refractivity contribution in [1.29, 1.82) is 0 Å². The van der Waals surface area contributed by atoms with Crippen LogP contribution in [-0.4, -0.2) is 37.3 Å². The fourth-order valence-corrected chi connectivity index (χ4v) is 4.61. The molecule has 2 aromatic carbocycles. The molecule has 6 heteroatoms. The number of H-pyrrole nitrogens is 1. The Bertz CT molecular complexity index is 1100. The molecule has 142 valence electrons. The van der Waals surface area contributed by atoms with Gasteiger partial charge >= 0.3 is 0 Å². The van der Waals surface area contributed by atoms with Crippen LogP contribution in [0.2, 0.25) is 0 Å². The molecule has 1 amide bonds. The van der Waals surface area contributed by atoms with Gasteiger partial charge < -0.3 is 20.4 Å². The monoisotopic (exact) mass is 374 g/mol. The number of amides is 1. The number of nitrogens with zero attached hydrogens (tertiary/aromatic N) is 1. The maximum absolute atomic E-state index is 10.9. The van der Waals surface area contributed by atoms with E-state index in [2.05, 4.69) is 45.9 Å². The molecule has 0 bridgehead atoms. The first-order valence-electron chi connectivity index (χ1n) is 9.55. The normalized spacial score (nSPS) is 19.7. The smallest absolute Gasteiger partial charge is 0.207 e. The summed E-state index contributed by atoms with van der Waals surface area (Å²) in [6, 6.07) is 14.5. The van der Waals surface area contributed by atoms with Crippen LogP contribution in [0.5, 0.6) is 5.75 Å². The van der Waals surface area contributed by atoms with Crippen molar-refractivity contribution in [3.8, 4) is 5.75 Å². The van der Waals surface area contributed by atoms with Gasteiger partial charge in [-0.15, -0.1) is 0 Å². The van der Waals surface area contributed by atoms with Crippen molar-refractivity contribution in [3.05, 3.63) is 59.3 Å². The van der Waals surface area contributed by atoms with Crippen molar-refractivity contribution in [3.63, 3.8) is 0 Å². The Morgan fingerprint density at radius 2 is 2.18 bits per heavy atom. The van der Waals surface area contributed by atoms with Gasteiger partial charge in [0.05, 0.1) is 18.5 Å². The highest BCUT2D eigenvalue weighted by molar-refractivity contribution is 6.17. The maximum Gasteiger partial charge on any atom is 0.207 e. The molecular weight excluding hydrogens is 352 g/mol. The highest BCUT2D eigenvalue weighted by Gasteiger charge is 2.47. The molecule has 0 fully saturated rings. The number of benzene rings is 2. The highest BCUT2D eigenvalue weighted by Crippen LogP contribution is 2.46. The van der Waals surface area contributed by atoms with Gasteiger partial charge in [0, 0.05) is 41.3 Å². The zero-order valence-corrected chi connectivity index (χ0v) is 15.7. The average molecular weight is 374 g/mol. The van der Waals surface area contributed by atoms with Crippen LogP contribution in [0.15, 0.2) is 47.5 Å². The number of carbonyl (C=O) groups is 1. The summed E-state index contributed by atoms with van der Waals surface area (Å²) in [6.45, 7) is 1.29. The van der Waals surface area contributed by atoms with Crippen molar-refractivity contribution < 1.29 is 9.53 Å². The van der Waals surface area contributed by atoms with E-state index in [1.807, 2.05) is 12.1 Å². The van der Waals surface area contributed by atoms with Crippen LogP contribution in [0.1, 0.15) is 23.2 Å². The number of hydrogen-bond donors (Lipinski definition) is 3. The predicted octanol–water partition coefficient (Wildman–Crippen LogP) is 2.98. The first-order valence-corrected chi connectivity index (χ1v) is 9.55. The largest absolute Gasteiger partial charge is 0.497 e. The van der Waals surface area contributed by atoms with Crippen molar-refractivity contribution in [2.45, 2.75) is 18.4 Å². The molecule has 28 heavy (non-hydrogen) atoms. The standard InChI is InChI=1S/C22H22N4O2/c1-28-14-6-7-17-19(12-14)26-22(9-11-23-13-27)20(17)24-10-8-16-15-4-2-3-5-18(15)25-21(16)22/h2-7,12-13,25-26H,8-11H2,1H3,(H,23,27). The summed E-state index contributed by atoms with van der Waals surface area (Å²) in [5, 5.41) is 7.81. The molecule has 3 N–H and O–H groups in total. The summed E-state index contributed by atoms with van der Waals surface area (Å²) < 4.78 is 5.42. The predicted molar refractivity (Wildman–Crippen MR) is 110 cm³/mol. The molecule has 0 saturated carbocycles. The van der Waals surface area contributed by atoms with Gasteiger partial charge in [0.15, 0.2) is 0 Å². The van der Waals surface area contributed by atoms with Crippen LogP contribution in [0.25, 0.3) is 10.9 Å². The number of ether oxygens (including phenoxy) is 1. The number of carbonyl (C=O) groups excluding carboxylic acids is 1. The minimum atomic E-state index is -0.504. The van der Waals surface area contributed by atoms with Crippen molar-refractivity contribution in [2.24, 2.45) is 4.99 Å². The maximum atomic E-state index is 10.9. The minimum absolute atomic E-state index is 0.504. The van der Waals surface area contributed by atoms with Crippen LogP contribution in [0, 0.1) is 0 Å². The zero-order chi connectivity index (χ0) is 19.1. The molecule has 2 aliphatic rings. The quantitative estimate of drug-likeness (QED) is 0.475. The van der Waals surface area contributed by atoms with Crippen LogP contribution in [0.4, 0.5) is 5.69 Å². The lowest BCUT2D eigenvalue weighted by molar-refractivity contribution is -0.109. The average Bonchev–Trinajstić information content (AvgIpc) is 3.20. The molecule has 1 atom stereocenters. The second-order valence-corrected chi connectivity index (χ2v) is 7.27. The van der Waals surface area contributed by atoms with E-state index in [1.165, 1.54) is 10.9 Å². The van der Waals surface area contributed by atoms with Gasteiger partial charge in [0.1, 0.15) is 11.3 Å². The van der Waals surface area contributed by atoms with Gasteiger partial charge in [-0.1, -0.05) is 18.2 Å². The third-order valence-electron chi connectivity index (χ3n) is 5.83. The fraction of sp³-hybridized carbons (Fsp3) is 0.273. The summed E-state index contributed by atoms with van der Waals surface area (Å²) in [4.78, 5) is 19.6. The number of para-hydroxylation sites is 1. The van der Waals surface area contributed by atoms with Crippen LogP contribution in [-0.2, 0) is 16.8 Å². The van der Waals surface area contributed by atoms with Crippen LogP contribution >= 0.6 is 0 Å². The lowest BCUT2D eigenvalue weighted by Crippen LogP contribution is -2.42. The number of aliphatic imine (C=N–C) groups is 1. The Hall–Kier alpha value is -3.28. The Morgan fingerprint density at radius 1 is 1.29 bits per heavy atom. The van der Waals surface area contributed by atoms with E-state index in [0.717, 1.165) is 53.3 Å². The van der Waals surface area contributed by atoms with E-state index >= 15 is 0 Å². The van der Waals surface area contributed by atoms with Gasteiger partial charge in [-0.3, -0.25) is 9.79 Å².